The van der Waals surface area contributed by atoms with E-state index < -0.39 is 22.3 Å². The zero-order chi connectivity index (χ0) is 10.9. The van der Waals surface area contributed by atoms with E-state index in [0.29, 0.717) is 5.56 Å². The van der Waals surface area contributed by atoms with Crippen molar-refractivity contribution in [1.29, 1.82) is 0 Å². The molecule has 6 nitrogen and oxygen atoms in total. The summed E-state index contributed by atoms with van der Waals surface area (Å²) in [6.45, 7) is 1.49. The Labute approximate surface area is 79.1 Å². The van der Waals surface area contributed by atoms with Gasteiger partial charge in [-0.25, -0.2) is 0 Å². The zero-order valence-corrected chi connectivity index (χ0v) is 7.35. The molecule has 0 saturated carbocycles. The van der Waals surface area contributed by atoms with E-state index in [-0.39, 0.29) is 5.56 Å². The molecule has 0 aliphatic rings. The van der Waals surface area contributed by atoms with E-state index in [1.54, 1.807) is 0 Å². The topological polar surface area (TPSA) is 106 Å². The number of phenols is 1. The third-order valence-electron chi connectivity index (χ3n) is 1.80. The maximum absolute atomic E-state index is 10.8. The molecule has 0 aromatic heterocycles. The highest BCUT2D eigenvalue weighted by molar-refractivity contribution is 5.98. The minimum Gasteiger partial charge on any atom is -0.502 e. The van der Waals surface area contributed by atoms with Crippen LogP contribution in [0.1, 0.15) is 15.9 Å². The molecule has 3 N–H and O–H groups in total. The Morgan fingerprint density at radius 1 is 1.57 bits per heavy atom. The van der Waals surface area contributed by atoms with Gasteiger partial charge >= 0.3 is 5.69 Å². The van der Waals surface area contributed by atoms with Crippen molar-refractivity contribution in [2.24, 2.45) is 5.73 Å². The largest absolute Gasteiger partial charge is 0.502 e. The quantitative estimate of drug-likeness (QED) is 0.536. The summed E-state index contributed by atoms with van der Waals surface area (Å²) in [7, 11) is 0. The number of primary amides is 1. The van der Waals surface area contributed by atoms with Crippen molar-refractivity contribution in [3.63, 3.8) is 0 Å². The minimum absolute atomic E-state index is 0.293. The summed E-state index contributed by atoms with van der Waals surface area (Å²) >= 11 is 0. The van der Waals surface area contributed by atoms with Gasteiger partial charge in [-0.2, -0.15) is 0 Å². The minimum atomic E-state index is -0.938. The van der Waals surface area contributed by atoms with Crippen molar-refractivity contribution >= 4 is 11.6 Å². The highest BCUT2D eigenvalue weighted by atomic mass is 16.6. The van der Waals surface area contributed by atoms with Crippen LogP contribution in [-0.4, -0.2) is 15.9 Å². The second kappa shape index (κ2) is 3.33. The molecule has 74 valence electrons. The van der Waals surface area contributed by atoms with Crippen LogP contribution < -0.4 is 5.73 Å². The molecule has 0 aliphatic carbocycles. The number of carbonyl (C=O) groups is 1. The lowest BCUT2D eigenvalue weighted by Crippen LogP contribution is -2.13. The number of nitrogens with zero attached hydrogens (tertiary/aromatic N) is 1. The van der Waals surface area contributed by atoms with Crippen LogP contribution in [0.25, 0.3) is 0 Å². The first kappa shape index (κ1) is 9.97. The predicted octanol–water partition coefficient (Wildman–Crippen LogP) is 0.708. The number of nitro benzene ring substituents is 1. The van der Waals surface area contributed by atoms with E-state index in [4.69, 9.17) is 5.73 Å². The molecule has 0 unspecified atom stereocenters. The molecular formula is C8H8N2O4. The number of aryl methyl sites for hydroxylation is 1. The van der Waals surface area contributed by atoms with Crippen LogP contribution in [0.15, 0.2) is 12.1 Å². The lowest BCUT2D eigenvalue weighted by Gasteiger charge is -2.03. The van der Waals surface area contributed by atoms with E-state index in [0.717, 1.165) is 0 Å². The molecule has 14 heavy (non-hydrogen) atoms. The molecule has 0 atom stereocenters. The SMILES string of the molecule is Cc1ccc(C(N)=O)c([N+](=O)[O-])c1O. The van der Waals surface area contributed by atoms with Crippen molar-refractivity contribution in [3.8, 4) is 5.75 Å². The number of hydrogen-bond acceptors (Lipinski definition) is 4. The van der Waals surface area contributed by atoms with Gasteiger partial charge in [-0.15, -0.1) is 0 Å². The number of phenolic OH excluding ortho intramolecular Hbond substituents is 1. The van der Waals surface area contributed by atoms with E-state index in [9.17, 15) is 20.0 Å². The van der Waals surface area contributed by atoms with E-state index in [1.807, 2.05) is 0 Å². The lowest BCUT2D eigenvalue weighted by molar-refractivity contribution is -0.386. The van der Waals surface area contributed by atoms with Crippen molar-refractivity contribution in [1.82, 2.24) is 0 Å². The van der Waals surface area contributed by atoms with Crippen molar-refractivity contribution in [2.45, 2.75) is 6.92 Å². The maximum atomic E-state index is 10.8. The number of nitrogens with two attached hydrogens (primary N) is 1. The second-order valence-electron chi connectivity index (χ2n) is 2.75. The highest BCUT2D eigenvalue weighted by Crippen LogP contribution is 2.32. The van der Waals surface area contributed by atoms with Gasteiger partial charge in [0.1, 0.15) is 5.56 Å². The lowest BCUT2D eigenvalue weighted by atomic mass is 10.1. The van der Waals surface area contributed by atoms with Crippen LogP contribution in [0.5, 0.6) is 5.75 Å². The fraction of sp³-hybridized carbons (Fsp3) is 0.125. The molecule has 6 heteroatoms. The Kier molecular flexibility index (Phi) is 2.37. The van der Waals surface area contributed by atoms with E-state index in [2.05, 4.69) is 0 Å². The number of carbonyl (C=O) groups excluding carboxylic acids is 1. The van der Waals surface area contributed by atoms with Crippen LogP contribution in [-0.2, 0) is 0 Å². The number of benzene rings is 1. The molecule has 0 radical (unpaired) electrons. The molecule has 1 aromatic rings. The Bertz CT molecular complexity index is 414. The van der Waals surface area contributed by atoms with Crippen LogP contribution in [0, 0.1) is 17.0 Å². The average Bonchev–Trinajstić information content (AvgIpc) is 2.08. The molecular weight excluding hydrogens is 188 g/mol. The Morgan fingerprint density at radius 3 is 2.57 bits per heavy atom. The summed E-state index contributed by atoms with van der Waals surface area (Å²) in [6, 6.07) is 2.61. The first-order valence-corrected chi connectivity index (χ1v) is 3.72. The molecule has 0 heterocycles. The predicted molar refractivity (Wildman–Crippen MR) is 48.0 cm³/mol. The highest BCUT2D eigenvalue weighted by Gasteiger charge is 2.24. The van der Waals surface area contributed by atoms with E-state index >= 15 is 0 Å². The van der Waals surface area contributed by atoms with Gasteiger partial charge < -0.3 is 10.8 Å². The van der Waals surface area contributed by atoms with Crippen LogP contribution >= 0.6 is 0 Å². The molecule has 0 spiro atoms. The zero-order valence-electron chi connectivity index (χ0n) is 7.35. The molecule has 0 fully saturated rings. The monoisotopic (exact) mass is 196 g/mol. The van der Waals surface area contributed by atoms with Gasteiger partial charge in [0.25, 0.3) is 5.91 Å². The van der Waals surface area contributed by atoms with Gasteiger partial charge in [0.2, 0.25) is 0 Å². The summed E-state index contributed by atoms with van der Waals surface area (Å²) in [5.74, 6) is -1.46. The fourth-order valence-electron chi connectivity index (χ4n) is 1.06. The molecule has 0 bridgehead atoms. The summed E-state index contributed by atoms with van der Waals surface area (Å²) in [5.41, 5.74) is 4.30. The molecule has 0 saturated heterocycles. The van der Waals surface area contributed by atoms with Crippen LogP contribution in [0.3, 0.4) is 0 Å². The Morgan fingerprint density at radius 2 is 2.14 bits per heavy atom. The summed E-state index contributed by atoms with van der Waals surface area (Å²) in [5, 5.41) is 19.9. The third kappa shape index (κ3) is 1.49. The summed E-state index contributed by atoms with van der Waals surface area (Å²) in [6.07, 6.45) is 0. The number of amides is 1. The van der Waals surface area contributed by atoms with Gasteiger partial charge in [-0.3, -0.25) is 14.9 Å². The normalized spacial score (nSPS) is 9.79. The number of nitro groups is 1. The number of aromatic hydroxyl groups is 1. The van der Waals surface area contributed by atoms with Crippen molar-refractivity contribution in [3.05, 3.63) is 33.4 Å². The third-order valence-corrected chi connectivity index (χ3v) is 1.80. The molecule has 0 aliphatic heterocycles. The van der Waals surface area contributed by atoms with Crippen LogP contribution in [0.4, 0.5) is 5.69 Å². The first-order chi connectivity index (χ1) is 6.45. The van der Waals surface area contributed by atoms with Gasteiger partial charge in [0.15, 0.2) is 5.75 Å². The van der Waals surface area contributed by atoms with Gasteiger partial charge in [0.05, 0.1) is 4.92 Å². The smallest absolute Gasteiger partial charge is 0.323 e. The standard InChI is InChI=1S/C8H8N2O4/c1-4-2-3-5(8(9)12)6(7(4)11)10(13)14/h2-3,11H,1H3,(H2,9,12). The number of rotatable bonds is 2. The summed E-state index contributed by atoms with van der Waals surface area (Å²) in [4.78, 5) is 20.5. The van der Waals surface area contributed by atoms with Crippen molar-refractivity contribution < 1.29 is 14.8 Å². The second-order valence-corrected chi connectivity index (χ2v) is 2.75. The van der Waals surface area contributed by atoms with Gasteiger partial charge in [-0.05, 0) is 18.6 Å². The Balaban J connectivity index is 3.53. The van der Waals surface area contributed by atoms with Crippen molar-refractivity contribution in [2.75, 3.05) is 0 Å². The molecule has 1 amide bonds. The van der Waals surface area contributed by atoms with Crippen LogP contribution in [0.2, 0.25) is 0 Å². The first-order valence-electron chi connectivity index (χ1n) is 3.72. The molecule has 1 aromatic carbocycles. The van der Waals surface area contributed by atoms with Gasteiger partial charge in [0, 0.05) is 0 Å². The fourth-order valence-corrected chi connectivity index (χ4v) is 1.06. The maximum Gasteiger partial charge on any atom is 0.323 e. The number of hydrogen-bond donors (Lipinski definition) is 2. The molecule has 1 rings (SSSR count). The Hall–Kier alpha value is -2.11. The summed E-state index contributed by atoms with van der Waals surface area (Å²) < 4.78 is 0. The van der Waals surface area contributed by atoms with E-state index in [1.165, 1.54) is 19.1 Å². The average molecular weight is 196 g/mol. The van der Waals surface area contributed by atoms with Gasteiger partial charge in [-0.1, -0.05) is 6.07 Å².